The Kier molecular flexibility index (Phi) is 4.30. The molecule has 0 heterocycles. The lowest BCUT2D eigenvalue weighted by Gasteiger charge is -2.20. The Morgan fingerprint density at radius 3 is 2.47 bits per heavy atom. The fraction of sp³-hybridized carbons (Fsp3) is 0.538. The van der Waals surface area contributed by atoms with Crippen molar-refractivity contribution >= 4 is 0 Å². The minimum atomic E-state index is -0.759. The summed E-state index contributed by atoms with van der Waals surface area (Å²) in [5, 5.41) is 19.7. The molecule has 2 unspecified atom stereocenters. The Morgan fingerprint density at radius 2 is 1.87 bits per heavy atom. The van der Waals surface area contributed by atoms with E-state index in [1.54, 1.807) is 0 Å². The number of hydrogen-bond donors (Lipinski definition) is 2. The van der Waals surface area contributed by atoms with Crippen LogP contribution in [0, 0.1) is 13.8 Å². The van der Waals surface area contributed by atoms with Crippen LogP contribution < -0.4 is 0 Å². The third-order valence-corrected chi connectivity index (χ3v) is 2.91. The zero-order valence-electron chi connectivity index (χ0n) is 9.70. The zero-order chi connectivity index (χ0) is 11.4. The van der Waals surface area contributed by atoms with Gasteiger partial charge in [-0.25, -0.2) is 0 Å². The molecule has 0 aliphatic carbocycles. The highest BCUT2D eigenvalue weighted by atomic mass is 16.3. The van der Waals surface area contributed by atoms with Gasteiger partial charge < -0.3 is 10.2 Å². The lowest BCUT2D eigenvalue weighted by Crippen LogP contribution is -2.18. The molecule has 2 atom stereocenters. The molecule has 0 fully saturated rings. The van der Waals surface area contributed by atoms with Crippen molar-refractivity contribution < 1.29 is 10.2 Å². The summed E-state index contributed by atoms with van der Waals surface area (Å²) in [7, 11) is 0. The van der Waals surface area contributed by atoms with Crippen LogP contribution in [-0.4, -0.2) is 16.3 Å². The van der Waals surface area contributed by atoms with E-state index in [1.165, 1.54) is 0 Å². The highest BCUT2D eigenvalue weighted by Crippen LogP contribution is 2.24. The second-order valence-corrected chi connectivity index (χ2v) is 4.09. The van der Waals surface area contributed by atoms with Crippen molar-refractivity contribution in [3.8, 4) is 0 Å². The summed E-state index contributed by atoms with van der Waals surface area (Å²) in [6, 6.07) is 5.81. The van der Waals surface area contributed by atoms with Crippen LogP contribution in [0.4, 0.5) is 0 Å². The van der Waals surface area contributed by atoms with E-state index in [0.717, 1.165) is 23.1 Å². The molecule has 15 heavy (non-hydrogen) atoms. The third kappa shape index (κ3) is 2.80. The molecule has 0 amide bonds. The molecule has 84 valence electrons. The van der Waals surface area contributed by atoms with Crippen molar-refractivity contribution in [1.82, 2.24) is 0 Å². The van der Waals surface area contributed by atoms with Gasteiger partial charge in [-0.2, -0.15) is 0 Å². The summed E-state index contributed by atoms with van der Waals surface area (Å²) in [4.78, 5) is 0. The number of benzene rings is 1. The van der Waals surface area contributed by atoms with Gasteiger partial charge in [-0.3, -0.25) is 0 Å². The van der Waals surface area contributed by atoms with Gasteiger partial charge in [0.25, 0.3) is 0 Å². The van der Waals surface area contributed by atoms with Crippen molar-refractivity contribution in [2.24, 2.45) is 0 Å². The minimum absolute atomic E-state index is 0.633. The van der Waals surface area contributed by atoms with Gasteiger partial charge >= 0.3 is 0 Å². The molecule has 1 rings (SSSR count). The average Bonchev–Trinajstić information content (AvgIpc) is 2.21. The standard InChI is InChI=1S/C13H20O2/c1-4-6-12(14)13(15)11-8-5-7-9(2)10(11)3/h5,7-8,12-15H,4,6H2,1-3H3. The summed E-state index contributed by atoms with van der Waals surface area (Å²) in [6.07, 6.45) is 0.0952. The lowest BCUT2D eigenvalue weighted by atomic mass is 9.95. The molecule has 0 bridgehead atoms. The molecule has 0 radical (unpaired) electrons. The van der Waals surface area contributed by atoms with Gasteiger partial charge in [-0.15, -0.1) is 0 Å². The van der Waals surface area contributed by atoms with Crippen LogP contribution in [0.5, 0.6) is 0 Å². The zero-order valence-corrected chi connectivity index (χ0v) is 9.70. The van der Waals surface area contributed by atoms with E-state index in [0.29, 0.717) is 6.42 Å². The highest BCUT2D eigenvalue weighted by molar-refractivity contribution is 5.35. The molecule has 2 heteroatoms. The summed E-state index contributed by atoms with van der Waals surface area (Å²) in [6.45, 7) is 5.99. The smallest absolute Gasteiger partial charge is 0.105 e. The Hall–Kier alpha value is -0.860. The van der Waals surface area contributed by atoms with E-state index < -0.39 is 12.2 Å². The fourth-order valence-corrected chi connectivity index (χ4v) is 1.76. The minimum Gasteiger partial charge on any atom is -0.390 e. The van der Waals surface area contributed by atoms with Crippen molar-refractivity contribution in [1.29, 1.82) is 0 Å². The van der Waals surface area contributed by atoms with Crippen LogP contribution in [0.15, 0.2) is 18.2 Å². The van der Waals surface area contributed by atoms with Gasteiger partial charge in [0.15, 0.2) is 0 Å². The molecule has 2 nitrogen and oxygen atoms in total. The van der Waals surface area contributed by atoms with E-state index in [-0.39, 0.29) is 0 Å². The maximum Gasteiger partial charge on any atom is 0.105 e. The third-order valence-electron chi connectivity index (χ3n) is 2.91. The molecule has 0 saturated carbocycles. The second kappa shape index (κ2) is 5.29. The van der Waals surface area contributed by atoms with Gasteiger partial charge in [0.05, 0.1) is 6.10 Å². The van der Waals surface area contributed by atoms with Crippen molar-refractivity contribution in [3.63, 3.8) is 0 Å². The molecule has 0 saturated heterocycles. The van der Waals surface area contributed by atoms with Crippen LogP contribution in [0.2, 0.25) is 0 Å². The monoisotopic (exact) mass is 208 g/mol. The molecule has 2 N–H and O–H groups in total. The summed E-state index contributed by atoms with van der Waals surface area (Å²) in [5.41, 5.74) is 3.06. The van der Waals surface area contributed by atoms with E-state index in [2.05, 4.69) is 0 Å². The van der Waals surface area contributed by atoms with E-state index >= 15 is 0 Å². The molecular formula is C13H20O2. The Balaban J connectivity index is 2.90. The topological polar surface area (TPSA) is 40.5 Å². The first kappa shape index (κ1) is 12.2. The largest absolute Gasteiger partial charge is 0.390 e. The van der Waals surface area contributed by atoms with Crippen molar-refractivity contribution in [2.45, 2.75) is 45.8 Å². The van der Waals surface area contributed by atoms with Crippen LogP contribution >= 0.6 is 0 Å². The van der Waals surface area contributed by atoms with E-state index in [1.807, 2.05) is 39.0 Å². The summed E-state index contributed by atoms with van der Waals surface area (Å²) >= 11 is 0. The number of rotatable bonds is 4. The van der Waals surface area contributed by atoms with Crippen LogP contribution in [0.25, 0.3) is 0 Å². The number of aliphatic hydroxyl groups is 2. The SMILES string of the molecule is CCCC(O)C(O)c1cccc(C)c1C. The van der Waals surface area contributed by atoms with Crippen LogP contribution in [-0.2, 0) is 0 Å². The first-order valence-electron chi connectivity index (χ1n) is 5.50. The first-order chi connectivity index (χ1) is 7.07. The molecule has 0 aromatic heterocycles. The number of aliphatic hydroxyl groups excluding tert-OH is 2. The maximum absolute atomic E-state index is 9.98. The number of hydrogen-bond acceptors (Lipinski definition) is 2. The normalized spacial score (nSPS) is 15.0. The first-order valence-corrected chi connectivity index (χ1v) is 5.50. The van der Waals surface area contributed by atoms with E-state index in [9.17, 15) is 10.2 Å². The Morgan fingerprint density at radius 1 is 1.20 bits per heavy atom. The highest BCUT2D eigenvalue weighted by Gasteiger charge is 2.19. The van der Waals surface area contributed by atoms with Crippen LogP contribution in [0.1, 0.15) is 42.6 Å². The van der Waals surface area contributed by atoms with Gasteiger partial charge in [0, 0.05) is 0 Å². The summed E-state index contributed by atoms with van der Waals surface area (Å²) < 4.78 is 0. The molecule has 1 aromatic rings. The molecular weight excluding hydrogens is 188 g/mol. The molecule has 0 spiro atoms. The quantitative estimate of drug-likeness (QED) is 0.798. The van der Waals surface area contributed by atoms with E-state index in [4.69, 9.17) is 0 Å². The Bertz CT molecular complexity index is 320. The fourth-order valence-electron chi connectivity index (χ4n) is 1.76. The van der Waals surface area contributed by atoms with Crippen molar-refractivity contribution in [3.05, 3.63) is 34.9 Å². The van der Waals surface area contributed by atoms with Crippen molar-refractivity contribution in [2.75, 3.05) is 0 Å². The second-order valence-electron chi connectivity index (χ2n) is 4.09. The average molecular weight is 208 g/mol. The van der Waals surface area contributed by atoms with Gasteiger partial charge in [-0.1, -0.05) is 31.5 Å². The molecule has 1 aromatic carbocycles. The summed E-state index contributed by atoms with van der Waals surface area (Å²) in [5.74, 6) is 0. The van der Waals surface area contributed by atoms with Gasteiger partial charge in [-0.05, 0) is 37.0 Å². The van der Waals surface area contributed by atoms with Gasteiger partial charge in [0.1, 0.15) is 6.10 Å². The lowest BCUT2D eigenvalue weighted by molar-refractivity contribution is 0.0127. The van der Waals surface area contributed by atoms with Crippen LogP contribution in [0.3, 0.4) is 0 Å². The predicted molar refractivity (Wildman–Crippen MR) is 61.8 cm³/mol. The maximum atomic E-state index is 9.98. The molecule has 0 aliphatic heterocycles. The molecule has 0 aliphatic rings. The van der Waals surface area contributed by atoms with Gasteiger partial charge in [0.2, 0.25) is 0 Å². The predicted octanol–water partition coefficient (Wildman–Crippen LogP) is 2.50. The number of aryl methyl sites for hydroxylation is 1. The Labute approximate surface area is 91.6 Å².